The van der Waals surface area contributed by atoms with Crippen LogP contribution in [0, 0.1) is 5.82 Å². The van der Waals surface area contributed by atoms with Crippen molar-refractivity contribution in [2.24, 2.45) is 0 Å². The summed E-state index contributed by atoms with van der Waals surface area (Å²) in [4.78, 5) is 20.7. The van der Waals surface area contributed by atoms with Gasteiger partial charge in [0.15, 0.2) is 5.65 Å². The fraction of sp³-hybridized carbons (Fsp3) is 0.136. The second-order valence-corrected chi connectivity index (χ2v) is 7.11. The van der Waals surface area contributed by atoms with Crippen molar-refractivity contribution in [2.45, 2.75) is 18.9 Å². The SMILES string of the molecule is O=C(O)c1ccc(-n2ccc3ncc(-c4ccc(F)cc4)nc32)cc1NC1CC1. The van der Waals surface area contributed by atoms with E-state index in [-0.39, 0.29) is 11.4 Å². The van der Waals surface area contributed by atoms with Gasteiger partial charge in [0, 0.05) is 23.5 Å². The molecule has 1 aliphatic rings. The third kappa shape index (κ3) is 3.31. The fourth-order valence-corrected chi connectivity index (χ4v) is 3.30. The van der Waals surface area contributed by atoms with Gasteiger partial charge < -0.3 is 10.4 Å². The maximum Gasteiger partial charge on any atom is 0.337 e. The smallest absolute Gasteiger partial charge is 0.337 e. The number of carboxylic acid groups (broad SMARTS) is 1. The summed E-state index contributed by atoms with van der Waals surface area (Å²) in [6, 6.07) is 13.5. The minimum absolute atomic E-state index is 0.246. The molecule has 1 fully saturated rings. The first-order chi connectivity index (χ1) is 14.1. The number of nitrogens with one attached hydrogen (secondary N) is 1. The number of carboxylic acids is 1. The molecule has 2 aromatic heterocycles. The van der Waals surface area contributed by atoms with Gasteiger partial charge in [-0.2, -0.15) is 0 Å². The number of nitrogens with zero attached hydrogens (tertiary/aromatic N) is 3. The Kier molecular flexibility index (Phi) is 4.01. The van der Waals surface area contributed by atoms with Crippen LogP contribution in [0.1, 0.15) is 23.2 Å². The number of benzene rings is 2. The van der Waals surface area contributed by atoms with Gasteiger partial charge in [0.25, 0.3) is 0 Å². The minimum Gasteiger partial charge on any atom is -0.478 e. The van der Waals surface area contributed by atoms with E-state index in [2.05, 4.69) is 10.3 Å². The van der Waals surface area contributed by atoms with E-state index in [0.717, 1.165) is 29.6 Å². The van der Waals surface area contributed by atoms with Crippen LogP contribution in [0.2, 0.25) is 0 Å². The molecule has 1 saturated carbocycles. The van der Waals surface area contributed by atoms with E-state index in [4.69, 9.17) is 4.98 Å². The molecule has 7 heteroatoms. The average molecular weight is 388 g/mol. The lowest BCUT2D eigenvalue weighted by Gasteiger charge is -2.12. The van der Waals surface area contributed by atoms with Crippen molar-refractivity contribution in [1.82, 2.24) is 14.5 Å². The van der Waals surface area contributed by atoms with Crippen LogP contribution in [0.25, 0.3) is 28.1 Å². The second-order valence-electron chi connectivity index (χ2n) is 7.11. The van der Waals surface area contributed by atoms with Crippen LogP contribution in [-0.2, 0) is 0 Å². The number of carbonyl (C=O) groups is 1. The number of hydrogen-bond acceptors (Lipinski definition) is 4. The van der Waals surface area contributed by atoms with Crippen molar-refractivity contribution in [1.29, 1.82) is 0 Å². The fourth-order valence-electron chi connectivity index (χ4n) is 3.30. The summed E-state index contributed by atoms with van der Waals surface area (Å²) in [7, 11) is 0. The molecule has 0 bridgehead atoms. The molecule has 0 amide bonds. The molecule has 2 heterocycles. The maximum absolute atomic E-state index is 13.2. The standard InChI is InChI=1S/C22H17FN4O2/c23-14-3-1-13(2-4-14)20-12-24-18-9-10-27(21(18)26-20)16-7-8-17(22(28)29)19(11-16)25-15-5-6-15/h1-4,7-12,15,25H,5-6H2,(H,28,29). The molecular formula is C22H17FN4O2. The van der Waals surface area contributed by atoms with Gasteiger partial charge in [-0.25, -0.2) is 14.2 Å². The zero-order chi connectivity index (χ0) is 20.0. The Morgan fingerprint density at radius 1 is 1.14 bits per heavy atom. The lowest BCUT2D eigenvalue weighted by atomic mass is 10.1. The van der Waals surface area contributed by atoms with Gasteiger partial charge in [0.1, 0.15) is 11.3 Å². The number of hydrogen-bond donors (Lipinski definition) is 2. The summed E-state index contributed by atoms with van der Waals surface area (Å²) in [5.41, 5.74) is 4.40. The quantitative estimate of drug-likeness (QED) is 0.526. The molecule has 1 aliphatic carbocycles. The van der Waals surface area contributed by atoms with Gasteiger partial charge in [0.2, 0.25) is 0 Å². The Morgan fingerprint density at radius 2 is 1.93 bits per heavy atom. The van der Waals surface area contributed by atoms with E-state index in [1.165, 1.54) is 12.1 Å². The monoisotopic (exact) mass is 388 g/mol. The topological polar surface area (TPSA) is 80.0 Å². The first kappa shape index (κ1) is 17.4. The number of halogens is 1. The highest BCUT2D eigenvalue weighted by atomic mass is 19.1. The van der Waals surface area contributed by atoms with E-state index in [0.29, 0.717) is 23.1 Å². The Hall–Kier alpha value is -3.74. The molecule has 6 nitrogen and oxygen atoms in total. The normalized spacial score (nSPS) is 13.6. The molecule has 0 unspecified atom stereocenters. The summed E-state index contributed by atoms with van der Waals surface area (Å²) >= 11 is 0. The number of aromatic nitrogens is 3. The van der Waals surface area contributed by atoms with Gasteiger partial charge >= 0.3 is 5.97 Å². The van der Waals surface area contributed by atoms with Gasteiger partial charge in [0.05, 0.1) is 23.1 Å². The second kappa shape index (κ2) is 6.70. The predicted octanol–water partition coefficient (Wildman–Crippen LogP) is 4.50. The zero-order valence-electron chi connectivity index (χ0n) is 15.3. The first-order valence-electron chi connectivity index (χ1n) is 9.33. The summed E-state index contributed by atoms with van der Waals surface area (Å²) < 4.78 is 15.1. The van der Waals surface area contributed by atoms with Crippen molar-refractivity contribution >= 4 is 22.8 Å². The Bertz CT molecular complexity index is 1230. The highest BCUT2D eigenvalue weighted by Crippen LogP contribution is 2.30. The lowest BCUT2D eigenvalue weighted by Crippen LogP contribution is -2.09. The zero-order valence-corrected chi connectivity index (χ0v) is 15.3. The summed E-state index contributed by atoms with van der Waals surface area (Å²) in [5, 5.41) is 12.8. The van der Waals surface area contributed by atoms with Crippen LogP contribution >= 0.6 is 0 Å². The first-order valence-corrected chi connectivity index (χ1v) is 9.33. The number of rotatable bonds is 5. The van der Waals surface area contributed by atoms with Crippen LogP contribution in [0.4, 0.5) is 10.1 Å². The molecule has 0 atom stereocenters. The number of aromatic carboxylic acids is 1. The van der Waals surface area contributed by atoms with E-state index in [1.54, 1.807) is 30.5 Å². The number of fused-ring (bicyclic) bond motifs is 1. The molecule has 5 rings (SSSR count). The van der Waals surface area contributed by atoms with Crippen LogP contribution in [0.15, 0.2) is 60.9 Å². The average Bonchev–Trinajstić information content (AvgIpc) is 3.43. The third-order valence-corrected chi connectivity index (χ3v) is 4.98. The third-order valence-electron chi connectivity index (χ3n) is 4.98. The molecule has 0 radical (unpaired) electrons. The Morgan fingerprint density at radius 3 is 2.66 bits per heavy atom. The van der Waals surface area contributed by atoms with Crippen LogP contribution in [0.3, 0.4) is 0 Å². The van der Waals surface area contributed by atoms with Gasteiger partial charge in [-0.05, 0) is 61.4 Å². The van der Waals surface area contributed by atoms with E-state index >= 15 is 0 Å². The molecule has 0 saturated heterocycles. The Labute approximate surface area is 165 Å². The van der Waals surface area contributed by atoms with Crippen LogP contribution in [0.5, 0.6) is 0 Å². The van der Waals surface area contributed by atoms with Crippen molar-refractivity contribution in [3.05, 3.63) is 72.3 Å². The van der Waals surface area contributed by atoms with Gasteiger partial charge in [-0.15, -0.1) is 0 Å². The van der Waals surface area contributed by atoms with Crippen molar-refractivity contribution < 1.29 is 14.3 Å². The largest absolute Gasteiger partial charge is 0.478 e. The highest BCUT2D eigenvalue weighted by molar-refractivity contribution is 5.95. The molecule has 144 valence electrons. The maximum atomic E-state index is 13.2. The van der Waals surface area contributed by atoms with E-state index in [9.17, 15) is 14.3 Å². The van der Waals surface area contributed by atoms with Gasteiger partial charge in [-0.1, -0.05) is 0 Å². The van der Waals surface area contributed by atoms with Crippen molar-refractivity contribution in [3.8, 4) is 16.9 Å². The molecule has 29 heavy (non-hydrogen) atoms. The molecule has 2 N–H and O–H groups in total. The van der Waals surface area contributed by atoms with Crippen LogP contribution in [-0.4, -0.2) is 31.7 Å². The summed E-state index contributed by atoms with van der Waals surface area (Å²) in [6.07, 6.45) is 5.60. The summed E-state index contributed by atoms with van der Waals surface area (Å²) in [6.45, 7) is 0. The molecule has 2 aromatic carbocycles. The highest BCUT2D eigenvalue weighted by Gasteiger charge is 2.23. The Balaban J connectivity index is 1.60. The molecular weight excluding hydrogens is 371 g/mol. The van der Waals surface area contributed by atoms with Crippen molar-refractivity contribution in [2.75, 3.05) is 5.32 Å². The number of anilines is 1. The van der Waals surface area contributed by atoms with Crippen LogP contribution < -0.4 is 5.32 Å². The predicted molar refractivity (Wildman–Crippen MR) is 108 cm³/mol. The van der Waals surface area contributed by atoms with Crippen molar-refractivity contribution in [3.63, 3.8) is 0 Å². The van der Waals surface area contributed by atoms with E-state index < -0.39 is 5.97 Å². The van der Waals surface area contributed by atoms with E-state index in [1.807, 2.05) is 22.9 Å². The minimum atomic E-state index is -0.963. The molecule has 0 aliphatic heterocycles. The summed E-state index contributed by atoms with van der Waals surface area (Å²) in [5.74, 6) is -1.27. The van der Waals surface area contributed by atoms with Gasteiger partial charge in [-0.3, -0.25) is 9.55 Å². The lowest BCUT2D eigenvalue weighted by molar-refractivity contribution is 0.0698. The molecule has 0 spiro atoms. The molecule has 4 aromatic rings.